The number of benzene rings is 3. The van der Waals surface area contributed by atoms with Crippen molar-refractivity contribution in [1.29, 1.82) is 0 Å². The van der Waals surface area contributed by atoms with Gasteiger partial charge in [-0.05, 0) is 94.5 Å². The number of allylic oxidation sites excluding steroid dienone is 1. The van der Waals surface area contributed by atoms with Crippen LogP contribution in [0.2, 0.25) is 5.02 Å². The van der Waals surface area contributed by atoms with Gasteiger partial charge in [0.1, 0.15) is 5.82 Å². The molecule has 0 spiro atoms. The van der Waals surface area contributed by atoms with E-state index in [9.17, 15) is 13.6 Å². The number of aryl methyl sites for hydroxylation is 1. The zero-order valence-electron chi connectivity index (χ0n) is 21.4. The third-order valence-electron chi connectivity index (χ3n) is 7.26. The summed E-state index contributed by atoms with van der Waals surface area (Å²) in [5.41, 5.74) is 9.06. The highest BCUT2D eigenvalue weighted by Crippen LogP contribution is 2.42. The normalized spacial score (nSPS) is 15.5. The van der Waals surface area contributed by atoms with E-state index in [0.717, 1.165) is 77.9 Å². The second-order valence-electron chi connectivity index (χ2n) is 9.87. The zero-order valence-corrected chi connectivity index (χ0v) is 22.2. The van der Waals surface area contributed by atoms with E-state index >= 15 is 0 Å². The molecule has 1 aliphatic carbocycles. The quantitative estimate of drug-likeness (QED) is 0.293. The van der Waals surface area contributed by atoms with Crippen LogP contribution in [0.25, 0.3) is 17.2 Å². The number of esters is 1. The molecule has 1 aliphatic heterocycles. The minimum absolute atomic E-state index is 0.273. The van der Waals surface area contributed by atoms with Crippen LogP contribution in [0.15, 0.2) is 66.2 Å². The third-order valence-corrected chi connectivity index (χ3v) is 7.57. The Morgan fingerprint density at radius 2 is 1.79 bits per heavy atom. The van der Waals surface area contributed by atoms with E-state index in [4.69, 9.17) is 16.3 Å². The minimum atomic E-state index is -0.366. The maximum absolute atomic E-state index is 13.9. The topological polar surface area (TPSA) is 29.5 Å². The first-order valence-corrected chi connectivity index (χ1v) is 13.3. The Morgan fingerprint density at radius 1 is 1.03 bits per heavy atom. The molecule has 3 aromatic carbocycles. The van der Waals surface area contributed by atoms with Gasteiger partial charge in [-0.15, -0.1) is 0 Å². The molecule has 0 unspecified atom stereocenters. The average molecular weight is 534 g/mol. The lowest BCUT2D eigenvalue weighted by atomic mass is 9.87. The summed E-state index contributed by atoms with van der Waals surface area (Å²) in [6.07, 6.45) is 5.22. The molecule has 0 radical (unpaired) electrons. The SMILES string of the molecule is COC(=O)c1ccc2c(c1)CCCC(c1ccc(F)cc1Cl)=C2c1ccc(C=C2CN(CCCF)C2)cc1. The number of fused-ring (bicyclic) bond motifs is 1. The Labute approximate surface area is 227 Å². The highest BCUT2D eigenvalue weighted by Gasteiger charge is 2.23. The second-order valence-corrected chi connectivity index (χ2v) is 10.3. The summed E-state index contributed by atoms with van der Waals surface area (Å²) in [6, 6.07) is 18.7. The van der Waals surface area contributed by atoms with E-state index in [-0.39, 0.29) is 18.5 Å². The molecule has 0 aromatic heterocycles. The summed E-state index contributed by atoms with van der Waals surface area (Å²) in [6.45, 7) is 2.30. The number of rotatable bonds is 7. The summed E-state index contributed by atoms with van der Waals surface area (Å²) in [5, 5.41) is 0.385. The molecule has 196 valence electrons. The van der Waals surface area contributed by atoms with Gasteiger partial charge in [0.15, 0.2) is 0 Å². The van der Waals surface area contributed by atoms with Gasteiger partial charge in [0.2, 0.25) is 0 Å². The molecule has 0 saturated carbocycles. The first-order valence-electron chi connectivity index (χ1n) is 12.9. The Hall–Kier alpha value is -3.28. The Balaban J connectivity index is 1.55. The van der Waals surface area contributed by atoms with E-state index in [1.165, 1.54) is 24.8 Å². The molecular weight excluding hydrogens is 504 g/mol. The van der Waals surface area contributed by atoms with Crippen molar-refractivity contribution in [1.82, 2.24) is 4.90 Å². The number of methoxy groups -OCH3 is 1. The van der Waals surface area contributed by atoms with Gasteiger partial charge in [0, 0.05) is 19.6 Å². The number of hydrogen-bond acceptors (Lipinski definition) is 3. The van der Waals surface area contributed by atoms with Gasteiger partial charge in [0.05, 0.1) is 24.4 Å². The predicted octanol–water partition coefficient (Wildman–Crippen LogP) is 7.62. The van der Waals surface area contributed by atoms with Crippen molar-refractivity contribution in [3.63, 3.8) is 0 Å². The fourth-order valence-corrected chi connectivity index (χ4v) is 5.69. The fraction of sp³-hybridized carbons (Fsp3) is 0.281. The molecule has 1 saturated heterocycles. The molecule has 0 amide bonds. The Morgan fingerprint density at radius 3 is 2.50 bits per heavy atom. The van der Waals surface area contributed by atoms with Crippen LogP contribution in [0.3, 0.4) is 0 Å². The molecule has 3 aromatic rings. The molecule has 3 nitrogen and oxygen atoms in total. The lowest BCUT2D eigenvalue weighted by molar-refractivity contribution is 0.0600. The van der Waals surface area contributed by atoms with Crippen LogP contribution in [0, 0.1) is 5.82 Å². The van der Waals surface area contributed by atoms with Crippen molar-refractivity contribution in [3.8, 4) is 0 Å². The lowest BCUT2D eigenvalue weighted by Crippen LogP contribution is -2.40. The molecular formula is C32H30ClF2NO2. The van der Waals surface area contributed by atoms with E-state index < -0.39 is 0 Å². The Bertz CT molecular complexity index is 1400. The van der Waals surface area contributed by atoms with Gasteiger partial charge in [-0.2, -0.15) is 0 Å². The highest BCUT2D eigenvalue weighted by atomic mass is 35.5. The number of carbonyl (C=O) groups is 1. The van der Waals surface area contributed by atoms with Gasteiger partial charge < -0.3 is 4.74 Å². The number of halogens is 3. The zero-order chi connectivity index (χ0) is 26.6. The van der Waals surface area contributed by atoms with E-state index in [1.54, 1.807) is 12.1 Å². The number of nitrogens with zero attached hydrogens (tertiary/aromatic N) is 1. The molecule has 6 heteroatoms. The molecule has 0 atom stereocenters. The van der Waals surface area contributed by atoms with Crippen molar-refractivity contribution in [2.24, 2.45) is 0 Å². The largest absolute Gasteiger partial charge is 0.465 e. The first-order chi connectivity index (χ1) is 18.5. The van der Waals surface area contributed by atoms with E-state index in [2.05, 4.69) is 35.2 Å². The van der Waals surface area contributed by atoms with Crippen LogP contribution in [0.4, 0.5) is 8.78 Å². The smallest absolute Gasteiger partial charge is 0.337 e. The van der Waals surface area contributed by atoms with Crippen molar-refractivity contribution in [2.45, 2.75) is 25.7 Å². The van der Waals surface area contributed by atoms with Crippen molar-refractivity contribution in [3.05, 3.63) is 110 Å². The number of hydrogen-bond donors (Lipinski definition) is 0. The number of ether oxygens (including phenoxy) is 1. The highest BCUT2D eigenvalue weighted by molar-refractivity contribution is 6.32. The third kappa shape index (κ3) is 5.59. The van der Waals surface area contributed by atoms with Crippen molar-refractivity contribution in [2.75, 3.05) is 33.4 Å². The van der Waals surface area contributed by atoms with Gasteiger partial charge >= 0.3 is 5.97 Å². The van der Waals surface area contributed by atoms with Crippen LogP contribution in [0.5, 0.6) is 0 Å². The standard InChI is InChI=1S/C32H30ClF2NO2/c1-38-32(37)25-10-12-27-24(17-25)4-2-5-29(28-13-11-26(35)18-30(28)33)31(27)23-8-6-21(7-9-23)16-22-19-36(20-22)15-3-14-34/h6-13,16-18H,2-5,14-15,19-20H2,1H3. The molecule has 0 bridgehead atoms. The van der Waals surface area contributed by atoms with Crippen molar-refractivity contribution >= 4 is 34.8 Å². The number of likely N-dealkylation sites (tertiary alicyclic amines) is 1. The van der Waals surface area contributed by atoms with E-state index in [0.29, 0.717) is 17.0 Å². The predicted molar refractivity (Wildman–Crippen MR) is 149 cm³/mol. The molecule has 2 aliphatic rings. The fourth-order valence-electron chi connectivity index (χ4n) is 5.41. The molecule has 1 heterocycles. The number of carbonyl (C=O) groups excluding carboxylic acids is 1. The summed E-state index contributed by atoms with van der Waals surface area (Å²) >= 11 is 6.56. The van der Waals surface area contributed by atoms with E-state index in [1.807, 2.05) is 12.1 Å². The monoisotopic (exact) mass is 533 g/mol. The van der Waals surface area contributed by atoms with Crippen LogP contribution in [0.1, 0.15) is 57.4 Å². The lowest BCUT2D eigenvalue weighted by Gasteiger charge is -2.33. The van der Waals surface area contributed by atoms with Crippen LogP contribution in [-0.4, -0.2) is 44.3 Å². The van der Waals surface area contributed by atoms with Gasteiger partial charge in [-0.1, -0.05) is 54.1 Å². The van der Waals surface area contributed by atoms with Crippen molar-refractivity contribution < 1.29 is 18.3 Å². The Kier molecular flexibility index (Phi) is 8.06. The summed E-state index contributed by atoms with van der Waals surface area (Å²) in [7, 11) is 1.38. The second kappa shape index (κ2) is 11.6. The van der Waals surface area contributed by atoms with Crippen LogP contribution < -0.4 is 0 Å². The summed E-state index contributed by atoms with van der Waals surface area (Å²) < 4.78 is 31.3. The van der Waals surface area contributed by atoms with Gasteiger partial charge in [-0.3, -0.25) is 9.29 Å². The number of alkyl halides is 1. The van der Waals surface area contributed by atoms with Crippen LogP contribution in [-0.2, 0) is 11.2 Å². The maximum atomic E-state index is 13.9. The van der Waals surface area contributed by atoms with Gasteiger partial charge in [0.25, 0.3) is 0 Å². The van der Waals surface area contributed by atoms with Crippen LogP contribution >= 0.6 is 11.6 Å². The summed E-state index contributed by atoms with van der Waals surface area (Å²) in [5.74, 6) is -0.727. The molecule has 1 fully saturated rings. The first kappa shape index (κ1) is 26.3. The molecule has 38 heavy (non-hydrogen) atoms. The summed E-state index contributed by atoms with van der Waals surface area (Å²) in [4.78, 5) is 14.5. The molecule has 5 rings (SSSR count). The molecule has 0 N–H and O–H groups in total. The van der Waals surface area contributed by atoms with Gasteiger partial charge in [-0.25, -0.2) is 9.18 Å². The average Bonchev–Trinajstić information content (AvgIpc) is 3.09. The minimum Gasteiger partial charge on any atom is -0.465 e. The maximum Gasteiger partial charge on any atom is 0.337 e.